The summed E-state index contributed by atoms with van der Waals surface area (Å²) < 4.78 is 0. The predicted octanol–water partition coefficient (Wildman–Crippen LogP) is -0.785. The first-order valence-corrected chi connectivity index (χ1v) is 5.73. The van der Waals surface area contributed by atoms with Gasteiger partial charge >= 0.3 is 39.6 Å². The van der Waals surface area contributed by atoms with Gasteiger partial charge in [0.1, 0.15) is 0 Å². The van der Waals surface area contributed by atoms with Crippen LogP contribution in [0.2, 0.25) is 0 Å². The first-order chi connectivity index (χ1) is 1.41. The van der Waals surface area contributed by atoms with Crippen LogP contribution >= 0.6 is 28.2 Å². The Balaban J connectivity index is -0.00000000667. The minimum absolute atomic E-state index is 0. The molecule has 6 heavy (non-hydrogen) atoms. The number of rotatable bonds is 0. The standard InChI is InChI=1S/2BrH.Fe.3H2O/h2*1H;;3*1H2/q;;+2;;;/p-2. The molecule has 0 spiro atoms. The van der Waals surface area contributed by atoms with Crippen molar-refractivity contribution in [3.63, 3.8) is 0 Å². The summed E-state index contributed by atoms with van der Waals surface area (Å²) in [6.07, 6.45) is 0. The molecular weight excluding hydrogens is 264 g/mol. The third-order valence-corrected chi connectivity index (χ3v) is 0. The Morgan fingerprint density at radius 2 is 0.833 bits per heavy atom. The summed E-state index contributed by atoms with van der Waals surface area (Å²) in [5, 5.41) is 0. The number of hydrogen-bond acceptors (Lipinski definition) is 0. The van der Waals surface area contributed by atoms with Crippen molar-refractivity contribution in [3.05, 3.63) is 0 Å². The molecule has 0 aliphatic rings. The summed E-state index contributed by atoms with van der Waals surface area (Å²) >= 11 is 7.00. The van der Waals surface area contributed by atoms with Crippen molar-refractivity contribution in [2.45, 2.75) is 0 Å². The Hall–Kier alpha value is 1.36. The van der Waals surface area contributed by atoms with Crippen molar-refractivity contribution in [3.8, 4) is 0 Å². The molecule has 0 amide bonds. The van der Waals surface area contributed by atoms with Crippen LogP contribution in [0.3, 0.4) is 0 Å². The molecule has 3 nitrogen and oxygen atoms in total. The second-order valence-electron chi connectivity index (χ2n) is 0.0505. The molecule has 46 valence electrons. The van der Waals surface area contributed by atoms with E-state index in [-0.39, 0.29) is 16.4 Å². The van der Waals surface area contributed by atoms with Gasteiger partial charge in [0.05, 0.1) is 0 Å². The Bertz CT molecular complexity index is 8.75. The van der Waals surface area contributed by atoms with E-state index in [0.29, 0.717) is 0 Å². The van der Waals surface area contributed by atoms with Crippen LogP contribution in [0.1, 0.15) is 0 Å². The molecule has 0 aliphatic carbocycles. The van der Waals surface area contributed by atoms with Crippen LogP contribution in [-0.2, 0) is 11.3 Å². The Kier molecular flexibility index (Phi) is 144. The first kappa shape index (κ1) is 26.4. The van der Waals surface area contributed by atoms with Crippen LogP contribution in [0.25, 0.3) is 0 Å². The zero-order chi connectivity index (χ0) is 2.71. The van der Waals surface area contributed by atoms with Gasteiger partial charge in [0, 0.05) is 0 Å². The van der Waals surface area contributed by atoms with Crippen LogP contribution in [0.4, 0.5) is 0 Å². The van der Waals surface area contributed by atoms with E-state index in [0.717, 1.165) is 11.3 Å². The molecule has 0 aromatic heterocycles. The molecule has 0 aliphatic heterocycles. The predicted molar refractivity (Wildman–Crippen MR) is 28.7 cm³/mol. The molecule has 0 rings (SSSR count). The topological polar surface area (TPSA) is 94.5 Å². The van der Waals surface area contributed by atoms with Crippen molar-refractivity contribution >= 4 is 28.2 Å². The maximum absolute atomic E-state index is 3.06. The Labute approximate surface area is 56.0 Å². The van der Waals surface area contributed by atoms with E-state index in [1.54, 1.807) is 0 Å². The summed E-state index contributed by atoms with van der Waals surface area (Å²) in [6, 6.07) is 0. The molecule has 0 saturated carbocycles. The Morgan fingerprint density at radius 3 is 0.833 bits per heavy atom. The van der Waals surface area contributed by atoms with Crippen molar-refractivity contribution < 1.29 is 27.8 Å². The second-order valence-corrected chi connectivity index (χ2v) is 5.62. The van der Waals surface area contributed by atoms with Gasteiger partial charge in [-0.15, -0.1) is 0 Å². The zero-order valence-corrected chi connectivity index (χ0v) is 6.89. The van der Waals surface area contributed by atoms with Gasteiger partial charge < -0.3 is 16.4 Å². The first-order valence-electron chi connectivity index (χ1n) is 0.267. The van der Waals surface area contributed by atoms with Gasteiger partial charge in [-0.25, -0.2) is 0 Å². The van der Waals surface area contributed by atoms with Gasteiger partial charge in [0.2, 0.25) is 0 Å². The van der Waals surface area contributed by atoms with Gasteiger partial charge in [-0.1, -0.05) is 0 Å². The summed E-state index contributed by atoms with van der Waals surface area (Å²) in [6.45, 7) is 0. The van der Waals surface area contributed by atoms with Gasteiger partial charge in [-0.3, -0.25) is 0 Å². The number of halogens is 2. The molecule has 6 heteroatoms. The molecule has 6 N–H and O–H groups in total. The molecule has 0 atom stereocenters. The fourth-order valence-corrected chi connectivity index (χ4v) is 0. The van der Waals surface area contributed by atoms with E-state index in [1.165, 1.54) is 0 Å². The van der Waals surface area contributed by atoms with Crippen LogP contribution in [0, 0.1) is 0 Å². The van der Waals surface area contributed by atoms with Crippen molar-refractivity contribution in [2.75, 3.05) is 0 Å². The summed E-state index contributed by atoms with van der Waals surface area (Å²) in [5.41, 5.74) is 0. The third kappa shape index (κ3) is 55.1. The monoisotopic (exact) mass is 268 g/mol. The van der Waals surface area contributed by atoms with E-state index in [1.807, 2.05) is 0 Å². The SMILES string of the molecule is O.O.O.[Br][Fe][Br]. The van der Waals surface area contributed by atoms with E-state index in [4.69, 9.17) is 0 Å². The fraction of sp³-hybridized carbons (Fsp3) is 0. The van der Waals surface area contributed by atoms with E-state index < -0.39 is 0 Å². The van der Waals surface area contributed by atoms with Crippen molar-refractivity contribution in [2.24, 2.45) is 0 Å². The van der Waals surface area contributed by atoms with Crippen LogP contribution < -0.4 is 0 Å². The Morgan fingerprint density at radius 1 is 0.833 bits per heavy atom. The normalized spacial score (nSPS) is 3.67. The summed E-state index contributed by atoms with van der Waals surface area (Å²) in [5.74, 6) is 0. The van der Waals surface area contributed by atoms with Crippen LogP contribution in [0.15, 0.2) is 0 Å². The third-order valence-electron chi connectivity index (χ3n) is 0. The average molecular weight is 270 g/mol. The fourth-order valence-electron chi connectivity index (χ4n) is 0. The molecule has 0 bridgehead atoms. The molecule has 0 aromatic rings. The van der Waals surface area contributed by atoms with Crippen LogP contribution in [0.5, 0.6) is 0 Å². The molecule has 0 unspecified atom stereocenters. The van der Waals surface area contributed by atoms with Crippen LogP contribution in [-0.4, -0.2) is 16.4 Å². The zero-order valence-electron chi connectivity index (χ0n) is 2.61. The molecule has 0 aromatic carbocycles. The van der Waals surface area contributed by atoms with Crippen molar-refractivity contribution in [1.82, 2.24) is 0 Å². The summed E-state index contributed by atoms with van der Waals surface area (Å²) in [7, 11) is 0. The van der Waals surface area contributed by atoms with Gasteiger partial charge in [-0.2, -0.15) is 0 Å². The molecular formula is H6Br2FeO3. The molecule has 0 fully saturated rings. The molecule has 0 radical (unpaired) electrons. The molecule has 0 heterocycles. The number of hydrogen-bond donors (Lipinski definition) is 0. The summed E-state index contributed by atoms with van der Waals surface area (Å²) in [4.78, 5) is 0. The van der Waals surface area contributed by atoms with E-state index in [9.17, 15) is 0 Å². The maximum atomic E-state index is 3.06. The van der Waals surface area contributed by atoms with Gasteiger partial charge in [0.25, 0.3) is 0 Å². The molecule has 0 saturated heterocycles. The minimum atomic E-state index is 0. The van der Waals surface area contributed by atoms with E-state index >= 15 is 0 Å². The van der Waals surface area contributed by atoms with Crippen molar-refractivity contribution in [1.29, 1.82) is 0 Å². The van der Waals surface area contributed by atoms with Gasteiger partial charge in [-0.05, 0) is 0 Å². The van der Waals surface area contributed by atoms with Gasteiger partial charge in [0.15, 0.2) is 0 Å². The quantitative estimate of drug-likeness (QED) is 0.516. The average Bonchev–Trinajstić information content (AvgIpc) is 0.918. The second kappa shape index (κ2) is 32.8. The van der Waals surface area contributed by atoms with E-state index in [2.05, 4.69) is 28.2 Å².